The molecular weight excluding hydrogens is 446 g/mol. The maximum atomic E-state index is 12.8. The first kappa shape index (κ1) is 22.2. The fraction of sp³-hybridized carbons (Fsp3) is 0.333. The third-order valence-corrected chi connectivity index (χ3v) is 9.01. The van der Waals surface area contributed by atoms with Crippen molar-refractivity contribution >= 4 is 55.5 Å². The lowest BCUT2D eigenvalue weighted by atomic mass is 9.74. The number of rotatable bonds is 5. The summed E-state index contributed by atoms with van der Waals surface area (Å²) in [6, 6.07) is 0. The molecule has 29 heavy (non-hydrogen) atoms. The van der Waals surface area contributed by atoms with Crippen molar-refractivity contribution in [2.24, 2.45) is 5.41 Å². The zero-order valence-corrected chi connectivity index (χ0v) is 19.9. The molecule has 0 radical (unpaired) electrons. The van der Waals surface area contributed by atoms with Gasteiger partial charge in [-0.05, 0) is 36.0 Å². The van der Waals surface area contributed by atoms with Crippen molar-refractivity contribution in [1.82, 2.24) is 4.98 Å². The normalized spacial score (nSPS) is 17.3. The molecule has 3 rings (SSSR count). The van der Waals surface area contributed by atoms with Gasteiger partial charge < -0.3 is 0 Å². The summed E-state index contributed by atoms with van der Waals surface area (Å²) in [6.45, 7) is 9.62. The number of aromatic nitrogens is 1. The lowest BCUT2D eigenvalue weighted by molar-refractivity contribution is 0.0910. The van der Waals surface area contributed by atoms with Crippen LogP contribution in [0.2, 0.25) is 0 Å². The molecule has 1 aliphatic carbocycles. The molecule has 0 amide bonds. The van der Waals surface area contributed by atoms with Crippen molar-refractivity contribution in [3.05, 3.63) is 52.0 Å². The molecule has 154 valence electrons. The topological polar surface area (TPSA) is 64.1 Å². The molecule has 0 unspecified atom stereocenters. The average molecular weight is 468 g/mol. The number of carbonyl (C=O) groups excluding carboxylic acids is 1. The van der Waals surface area contributed by atoms with Crippen molar-refractivity contribution in [3.63, 3.8) is 0 Å². The Balaban J connectivity index is 2.13. The summed E-state index contributed by atoms with van der Waals surface area (Å²) >= 11 is 8.56. The number of nitrogens with zero attached hydrogens (tertiary/aromatic N) is 1. The van der Waals surface area contributed by atoms with Gasteiger partial charge in [-0.2, -0.15) is 0 Å². The van der Waals surface area contributed by atoms with Crippen molar-refractivity contribution in [2.75, 3.05) is 6.26 Å². The third-order valence-electron chi connectivity index (χ3n) is 4.67. The van der Waals surface area contributed by atoms with Crippen molar-refractivity contribution in [2.45, 2.75) is 37.8 Å². The van der Waals surface area contributed by atoms with Crippen molar-refractivity contribution in [1.29, 1.82) is 0 Å². The highest BCUT2D eigenvalue weighted by Crippen LogP contribution is 2.47. The van der Waals surface area contributed by atoms with E-state index < -0.39 is 9.84 Å². The minimum absolute atomic E-state index is 0.101. The van der Waals surface area contributed by atoms with Gasteiger partial charge in [-0.3, -0.25) is 4.79 Å². The molecule has 0 saturated carbocycles. The number of thiophene rings is 1. The molecule has 8 heteroatoms. The van der Waals surface area contributed by atoms with Gasteiger partial charge in [-0.15, -0.1) is 22.7 Å². The number of hydrogen-bond donors (Lipinski definition) is 0. The van der Waals surface area contributed by atoms with Crippen LogP contribution in [0, 0.1) is 5.41 Å². The van der Waals surface area contributed by atoms with Gasteiger partial charge in [-0.25, -0.2) is 13.4 Å². The maximum absolute atomic E-state index is 12.8. The molecule has 0 bridgehead atoms. The highest BCUT2D eigenvalue weighted by atomic mass is 35.5. The Morgan fingerprint density at radius 3 is 2.62 bits per heavy atom. The van der Waals surface area contributed by atoms with Gasteiger partial charge >= 0.3 is 0 Å². The SMILES string of the molecule is C=C/C(Cl)=C\C=C(/C)c1csc(-c2sc(S(C)(=O)=O)c3c2CC(C)(C)CC3=O)n1. The van der Waals surface area contributed by atoms with Crippen LogP contribution in [0.15, 0.2) is 39.4 Å². The number of Topliss-reactive ketones (excluding diaryl/α,β-unsaturated/α-hetero) is 1. The molecule has 2 aromatic heterocycles. The molecule has 4 nitrogen and oxygen atoms in total. The number of carbonyl (C=O) groups is 1. The van der Waals surface area contributed by atoms with Gasteiger partial charge in [0.2, 0.25) is 0 Å². The van der Waals surface area contributed by atoms with E-state index in [2.05, 4.69) is 6.58 Å². The van der Waals surface area contributed by atoms with Gasteiger partial charge in [-0.1, -0.05) is 44.2 Å². The molecule has 0 saturated heterocycles. The number of ketones is 1. The number of fused-ring (bicyclic) bond motifs is 1. The van der Waals surface area contributed by atoms with Gasteiger partial charge in [0.25, 0.3) is 0 Å². The number of thiazole rings is 1. The van der Waals surface area contributed by atoms with E-state index in [1.54, 1.807) is 12.2 Å². The molecule has 0 aromatic carbocycles. The van der Waals surface area contributed by atoms with Crippen LogP contribution in [0.1, 0.15) is 48.8 Å². The second-order valence-electron chi connectivity index (χ2n) is 7.93. The van der Waals surface area contributed by atoms with Gasteiger partial charge in [0.05, 0.1) is 16.1 Å². The van der Waals surface area contributed by atoms with Gasteiger partial charge in [0.1, 0.15) is 9.22 Å². The molecule has 1 aliphatic rings. The predicted octanol–water partition coefficient (Wildman–Crippen LogP) is 6.14. The molecule has 2 heterocycles. The fourth-order valence-electron chi connectivity index (χ4n) is 3.31. The summed E-state index contributed by atoms with van der Waals surface area (Å²) in [7, 11) is -3.50. The zero-order chi connectivity index (χ0) is 21.6. The minimum Gasteiger partial charge on any atom is -0.294 e. The van der Waals surface area contributed by atoms with Crippen LogP contribution >= 0.6 is 34.3 Å². The first-order valence-corrected chi connectivity index (χ1v) is 12.9. The summed E-state index contributed by atoms with van der Waals surface area (Å²) in [5, 5.41) is 3.19. The number of halogens is 1. The Kier molecular flexibility index (Phi) is 6.07. The largest absolute Gasteiger partial charge is 0.294 e. The Labute approximate surface area is 184 Å². The summed E-state index contributed by atoms with van der Waals surface area (Å²) in [4.78, 5) is 18.3. The van der Waals surface area contributed by atoms with Gasteiger partial charge in [0.15, 0.2) is 15.6 Å². The third kappa shape index (κ3) is 4.63. The Morgan fingerprint density at radius 2 is 2.00 bits per heavy atom. The van der Waals surface area contributed by atoms with E-state index in [1.807, 2.05) is 32.2 Å². The van der Waals surface area contributed by atoms with Gasteiger partial charge in [0, 0.05) is 23.1 Å². The van der Waals surface area contributed by atoms with E-state index >= 15 is 0 Å². The molecule has 0 spiro atoms. The Morgan fingerprint density at radius 1 is 1.31 bits per heavy atom. The first-order valence-electron chi connectivity index (χ1n) is 8.94. The summed E-state index contributed by atoms with van der Waals surface area (Å²) in [6.07, 6.45) is 7.32. The van der Waals surface area contributed by atoms with E-state index in [1.165, 1.54) is 11.3 Å². The lowest BCUT2D eigenvalue weighted by Crippen LogP contribution is -2.27. The molecular formula is C21H22ClNO3S3. The lowest BCUT2D eigenvalue weighted by Gasteiger charge is -2.29. The van der Waals surface area contributed by atoms with Crippen LogP contribution in [0.5, 0.6) is 0 Å². The smallest absolute Gasteiger partial charge is 0.185 e. The standard InChI is InChI=1S/C21H22ClNO3S3/c1-6-13(22)8-7-12(2)15-11-27-19(23-15)18-14-9-21(3,4)10-16(24)17(14)20(28-18)29(5,25)26/h6-8,11H,1,9-10H2,2-5H3/b12-7+,13-8+. The monoisotopic (exact) mass is 467 g/mol. The second kappa shape index (κ2) is 7.95. The summed E-state index contributed by atoms with van der Waals surface area (Å²) in [5.74, 6) is -0.101. The molecule has 0 N–H and O–H groups in total. The van der Waals surface area contributed by atoms with E-state index in [0.29, 0.717) is 23.4 Å². The maximum Gasteiger partial charge on any atom is 0.185 e. The average Bonchev–Trinajstić information content (AvgIpc) is 3.22. The highest BCUT2D eigenvalue weighted by Gasteiger charge is 2.39. The minimum atomic E-state index is -3.50. The number of allylic oxidation sites excluding steroid dienone is 5. The summed E-state index contributed by atoms with van der Waals surface area (Å²) < 4.78 is 24.9. The highest BCUT2D eigenvalue weighted by molar-refractivity contribution is 7.93. The van der Waals surface area contributed by atoms with Crippen LogP contribution in [0.3, 0.4) is 0 Å². The Bertz CT molecular complexity index is 1160. The Hall–Kier alpha value is -1.54. The van der Waals surface area contributed by atoms with Crippen LogP contribution < -0.4 is 0 Å². The van der Waals surface area contributed by atoms with Crippen LogP contribution in [0.4, 0.5) is 0 Å². The van der Waals surface area contributed by atoms with E-state index in [0.717, 1.165) is 44.3 Å². The zero-order valence-electron chi connectivity index (χ0n) is 16.7. The van der Waals surface area contributed by atoms with Crippen LogP contribution in [0.25, 0.3) is 15.5 Å². The first-order chi connectivity index (χ1) is 13.4. The second-order valence-corrected chi connectivity index (χ2v) is 12.5. The van der Waals surface area contributed by atoms with Crippen molar-refractivity contribution in [3.8, 4) is 9.88 Å². The van der Waals surface area contributed by atoms with Crippen molar-refractivity contribution < 1.29 is 13.2 Å². The van der Waals surface area contributed by atoms with Crippen LogP contribution in [-0.2, 0) is 16.3 Å². The molecule has 0 atom stereocenters. The van der Waals surface area contributed by atoms with Crippen LogP contribution in [-0.4, -0.2) is 25.4 Å². The molecule has 0 aliphatic heterocycles. The molecule has 0 fully saturated rings. The van der Waals surface area contributed by atoms with E-state index in [4.69, 9.17) is 16.6 Å². The van der Waals surface area contributed by atoms with E-state index in [9.17, 15) is 13.2 Å². The molecule has 2 aromatic rings. The quantitative estimate of drug-likeness (QED) is 0.495. The number of hydrogen-bond acceptors (Lipinski definition) is 6. The van der Waals surface area contributed by atoms with E-state index in [-0.39, 0.29) is 15.4 Å². The fourth-order valence-corrected chi connectivity index (χ4v) is 6.90. The number of sulfone groups is 1. The predicted molar refractivity (Wildman–Crippen MR) is 123 cm³/mol. The summed E-state index contributed by atoms with van der Waals surface area (Å²) in [5.41, 5.74) is 2.69.